The summed E-state index contributed by atoms with van der Waals surface area (Å²) in [6.07, 6.45) is 0. The van der Waals surface area contributed by atoms with Crippen molar-refractivity contribution in [1.29, 1.82) is 0 Å². The number of ether oxygens (including phenoxy) is 1. The van der Waals surface area contributed by atoms with Crippen LogP contribution in [0.3, 0.4) is 0 Å². The molecule has 0 unspecified atom stereocenters. The summed E-state index contributed by atoms with van der Waals surface area (Å²) in [6, 6.07) is 4.30. The zero-order chi connectivity index (χ0) is 20.3. The molecule has 152 valence electrons. The molecule has 8 nitrogen and oxygen atoms in total. The molecule has 0 aliphatic carbocycles. The summed E-state index contributed by atoms with van der Waals surface area (Å²) in [5, 5.41) is 13.1. The molecule has 3 rings (SSSR count). The fraction of sp³-hybridized carbons (Fsp3) is 0.474. The third kappa shape index (κ3) is 3.95. The molecule has 1 aliphatic heterocycles. The molecular formula is C19H25FN4O4. The monoisotopic (exact) mass is 392 g/mol. The SMILES string of the molecule is COc1cc(-c2onc(N(C)C)c2C(=O)N2CCN(CCO)CC2)ccc1F. The molecule has 1 aromatic heterocycles. The fourth-order valence-corrected chi connectivity index (χ4v) is 3.25. The molecular weight excluding hydrogens is 367 g/mol. The molecule has 2 aromatic rings. The molecule has 1 aromatic carbocycles. The number of anilines is 1. The van der Waals surface area contributed by atoms with Crippen molar-refractivity contribution in [2.75, 3.05) is 65.4 Å². The molecule has 0 atom stereocenters. The van der Waals surface area contributed by atoms with Gasteiger partial charge >= 0.3 is 0 Å². The maximum atomic E-state index is 13.8. The van der Waals surface area contributed by atoms with Gasteiger partial charge < -0.3 is 24.2 Å². The lowest BCUT2D eigenvalue weighted by Crippen LogP contribution is -2.49. The van der Waals surface area contributed by atoms with E-state index in [-0.39, 0.29) is 24.0 Å². The lowest BCUT2D eigenvalue weighted by Gasteiger charge is -2.34. The molecule has 1 saturated heterocycles. The van der Waals surface area contributed by atoms with Crippen LogP contribution in [0.2, 0.25) is 0 Å². The van der Waals surface area contributed by atoms with Gasteiger partial charge in [-0.1, -0.05) is 5.16 Å². The molecule has 1 amide bonds. The Balaban J connectivity index is 1.94. The van der Waals surface area contributed by atoms with Crippen molar-refractivity contribution in [1.82, 2.24) is 15.0 Å². The van der Waals surface area contributed by atoms with Crippen molar-refractivity contribution < 1.29 is 23.6 Å². The number of β-amino-alcohol motifs (C(OH)–C–C–N with tert-alkyl or cyclic N) is 1. The molecule has 1 N–H and O–H groups in total. The third-order valence-electron chi connectivity index (χ3n) is 4.80. The summed E-state index contributed by atoms with van der Waals surface area (Å²) >= 11 is 0. The van der Waals surface area contributed by atoms with E-state index in [4.69, 9.17) is 14.4 Å². The molecule has 0 radical (unpaired) electrons. The minimum atomic E-state index is -0.494. The van der Waals surface area contributed by atoms with Crippen LogP contribution in [0.15, 0.2) is 22.7 Å². The maximum Gasteiger partial charge on any atom is 0.261 e. The normalized spacial score (nSPS) is 15.0. The van der Waals surface area contributed by atoms with Crippen LogP contribution in [0.5, 0.6) is 5.75 Å². The second-order valence-corrected chi connectivity index (χ2v) is 6.81. The Hall–Kier alpha value is -2.65. The van der Waals surface area contributed by atoms with Crippen molar-refractivity contribution in [3.63, 3.8) is 0 Å². The highest BCUT2D eigenvalue weighted by atomic mass is 19.1. The van der Waals surface area contributed by atoms with Crippen molar-refractivity contribution in [2.45, 2.75) is 0 Å². The van der Waals surface area contributed by atoms with Gasteiger partial charge in [0.2, 0.25) is 0 Å². The number of aliphatic hydroxyl groups is 1. The molecule has 0 saturated carbocycles. The number of hydrogen-bond donors (Lipinski definition) is 1. The first-order valence-electron chi connectivity index (χ1n) is 9.09. The average Bonchev–Trinajstić information content (AvgIpc) is 3.14. The van der Waals surface area contributed by atoms with Gasteiger partial charge in [0.15, 0.2) is 23.1 Å². The first kappa shape index (κ1) is 20.1. The summed E-state index contributed by atoms with van der Waals surface area (Å²) < 4.78 is 24.3. The molecule has 0 bridgehead atoms. The van der Waals surface area contributed by atoms with Crippen LogP contribution < -0.4 is 9.64 Å². The summed E-state index contributed by atoms with van der Waals surface area (Å²) in [5.74, 6) is 0.0838. The smallest absolute Gasteiger partial charge is 0.261 e. The molecule has 2 heterocycles. The summed E-state index contributed by atoms with van der Waals surface area (Å²) in [6.45, 7) is 3.16. The number of aliphatic hydroxyl groups excluding tert-OH is 1. The zero-order valence-corrected chi connectivity index (χ0v) is 16.3. The number of hydrogen-bond acceptors (Lipinski definition) is 7. The Kier molecular flexibility index (Phi) is 6.15. The van der Waals surface area contributed by atoms with Crippen LogP contribution in [0.1, 0.15) is 10.4 Å². The lowest BCUT2D eigenvalue weighted by molar-refractivity contribution is 0.0616. The third-order valence-corrected chi connectivity index (χ3v) is 4.80. The Morgan fingerprint density at radius 2 is 2.04 bits per heavy atom. The molecule has 1 fully saturated rings. The topological polar surface area (TPSA) is 82.3 Å². The molecule has 0 spiro atoms. The minimum absolute atomic E-state index is 0.0660. The standard InChI is InChI=1S/C19H25FN4O4/c1-22(2)18-16(19(26)24-8-6-23(7-9-24)10-11-25)17(28-21-18)13-4-5-14(20)15(12-13)27-3/h4-5,12,25H,6-11H2,1-3H3. The number of aromatic nitrogens is 1. The number of piperazine rings is 1. The minimum Gasteiger partial charge on any atom is -0.494 e. The van der Waals surface area contributed by atoms with Gasteiger partial charge in [0.05, 0.1) is 13.7 Å². The fourth-order valence-electron chi connectivity index (χ4n) is 3.25. The van der Waals surface area contributed by atoms with Gasteiger partial charge in [-0.15, -0.1) is 0 Å². The van der Waals surface area contributed by atoms with E-state index >= 15 is 0 Å². The van der Waals surface area contributed by atoms with Gasteiger partial charge in [-0.3, -0.25) is 9.69 Å². The van der Waals surface area contributed by atoms with E-state index in [2.05, 4.69) is 10.1 Å². The van der Waals surface area contributed by atoms with Crippen LogP contribution >= 0.6 is 0 Å². The van der Waals surface area contributed by atoms with E-state index in [1.165, 1.54) is 25.3 Å². The van der Waals surface area contributed by atoms with E-state index in [1.807, 2.05) is 0 Å². The predicted molar refractivity (Wildman–Crippen MR) is 102 cm³/mol. The quantitative estimate of drug-likeness (QED) is 0.794. The Morgan fingerprint density at radius 1 is 1.32 bits per heavy atom. The van der Waals surface area contributed by atoms with Crippen LogP contribution in [0.4, 0.5) is 10.2 Å². The number of amides is 1. The van der Waals surface area contributed by atoms with E-state index in [0.717, 1.165) is 0 Å². The Labute approximate surface area is 163 Å². The van der Waals surface area contributed by atoms with Gasteiger partial charge in [0, 0.05) is 52.4 Å². The second kappa shape index (κ2) is 8.57. The second-order valence-electron chi connectivity index (χ2n) is 6.81. The number of halogens is 1. The highest BCUT2D eigenvalue weighted by molar-refractivity contribution is 6.04. The van der Waals surface area contributed by atoms with Crippen molar-refractivity contribution in [2.24, 2.45) is 0 Å². The van der Waals surface area contributed by atoms with E-state index in [0.29, 0.717) is 49.7 Å². The van der Waals surface area contributed by atoms with Crippen molar-refractivity contribution >= 4 is 11.7 Å². The summed E-state index contributed by atoms with van der Waals surface area (Å²) in [7, 11) is 4.94. The highest BCUT2D eigenvalue weighted by Crippen LogP contribution is 2.34. The largest absolute Gasteiger partial charge is 0.494 e. The van der Waals surface area contributed by atoms with Crippen LogP contribution in [0.25, 0.3) is 11.3 Å². The van der Waals surface area contributed by atoms with E-state index in [9.17, 15) is 9.18 Å². The van der Waals surface area contributed by atoms with Crippen molar-refractivity contribution in [3.05, 3.63) is 29.6 Å². The number of methoxy groups -OCH3 is 1. The van der Waals surface area contributed by atoms with Crippen LogP contribution in [0, 0.1) is 5.82 Å². The van der Waals surface area contributed by atoms with E-state index in [1.54, 1.807) is 23.9 Å². The Bertz CT molecular complexity index is 831. The Morgan fingerprint density at radius 3 is 2.64 bits per heavy atom. The van der Waals surface area contributed by atoms with Crippen LogP contribution in [-0.2, 0) is 0 Å². The van der Waals surface area contributed by atoms with Crippen molar-refractivity contribution in [3.8, 4) is 17.1 Å². The van der Waals surface area contributed by atoms with Gasteiger partial charge in [-0.05, 0) is 18.2 Å². The zero-order valence-electron chi connectivity index (χ0n) is 16.3. The van der Waals surface area contributed by atoms with Gasteiger partial charge in [0.1, 0.15) is 5.56 Å². The number of carbonyl (C=O) groups is 1. The summed E-state index contributed by atoms with van der Waals surface area (Å²) in [4.78, 5) is 18.9. The number of nitrogens with zero attached hydrogens (tertiary/aromatic N) is 4. The number of benzene rings is 1. The average molecular weight is 392 g/mol. The molecule has 1 aliphatic rings. The molecule has 28 heavy (non-hydrogen) atoms. The summed E-state index contributed by atoms with van der Waals surface area (Å²) in [5.41, 5.74) is 0.857. The van der Waals surface area contributed by atoms with Crippen LogP contribution in [-0.4, -0.2) is 86.5 Å². The predicted octanol–water partition coefficient (Wildman–Crippen LogP) is 1.31. The first-order valence-corrected chi connectivity index (χ1v) is 9.09. The highest BCUT2D eigenvalue weighted by Gasteiger charge is 2.31. The van der Waals surface area contributed by atoms with Gasteiger partial charge in [-0.2, -0.15) is 0 Å². The van der Waals surface area contributed by atoms with Gasteiger partial charge in [-0.25, -0.2) is 4.39 Å². The lowest BCUT2D eigenvalue weighted by atomic mass is 10.1. The molecule has 9 heteroatoms. The van der Waals surface area contributed by atoms with E-state index < -0.39 is 5.82 Å². The van der Waals surface area contributed by atoms with Gasteiger partial charge in [0.25, 0.3) is 5.91 Å². The number of rotatable bonds is 6. The first-order chi connectivity index (χ1) is 13.5. The maximum absolute atomic E-state index is 13.8. The number of carbonyl (C=O) groups excluding carboxylic acids is 1.